The van der Waals surface area contributed by atoms with E-state index in [1.165, 1.54) is 43.2 Å². The molecule has 1 heteroatoms. The van der Waals surface area contributed by atoms with Gasteiger partial charge in [-0.05, 0) is 30.4 Å². The van der Waals surface area contributed by atoms with Gasteiger partial charge in [0, 0.05) is 6.04 Å². The first-order valence-corrected chi connectivity index (χ1v) is 7.71. The van der Waals surface area contributed by atoms with Crippen LogP contribution in [-0.4, -0.2) is 0 Å². The SMILES string of the molecule is NC(CCCCCCc1ccccc1)c1ccccc1. The van der Waals surface area contributed by atoms with Crippen molar-refractivity contribution in [3.8, 4) is 0 Å². The molecule has 0 saturated heterocycles. The van der Waals surface area contributed by atoms with Gasteiger partial charge >= 0.3 is 0 Å². The van der Waals surface area contributed by atoms with Gasteiger partial charge in [0.1, 0.15) is 0 Å². The minimum atomic E-state index is 0.199. The topological polar surface area (TPSA) is 26.0 Å². The molecule has 0 radical (unpaired) electrons. The maximum absolute atomic E-state index is 6.20. The molecule has 0 bridgehead atoms. The quantitative estimate of drug-likeness (QED) is 0.678. The fraction of sp³-hybridized carbons (Fsp3) is 0.368. The van der Waals surface area contributed by atoms with E-state index >= 15 is 0 Å². The van der Waals surface area contributed by atoms with E-state index in [4.69, 9.17) is 5.73 Å². The lowest BCUT2D eigenvalue weighted by molar-refractivity contribution is 0.558. The number of rotatable bonds is 8. The van der Waals surface area contributed by atoms with Crippen molar-refractivity contribution in [2.24, 2.45) is 5.73 Å². The Bertz CT molecular complexity index is 464. The summed E-state index contributed by atoms with van der Waals surface area (Å²) in [5, 5.41) is 0. The Morgan fingerprint density at radius 2 is 1.30 bits per heavy atom. The van der Waals surface area contributed by atoms with E-state index in [0.717, 1.165) is 6.42 Å². The molecule has 2 rings (SSSR count). The lowest BCUT2D eigenvalue weighted by Crippen LogP contribution is -2.09. The first-order valence-electron chi connectivity index (χ1n) is 7.71. The summed E-state index contributed by atoms with van der Waals surface area (Å²) < 4.78 is 0. The number of aryl methyl sites for hydroxylation is 1. The van der Waals surface area contributed by atoms with Crippen LogP contribution < -0.4 is 5.73 Å². The van der Waals surface area contributed by atoms with Crippen LogP contribution in [0.3, 0.4) is 0 Å². The lowest BCUT2D eigenvalue weighted by atomic mass is 10.00. The van der Waals surface area contributed by atoms with E-state index in [1.807, 2.05) is 6.07 Å². The van der Waals surface area contributed by atoms with Gasteiger partial charge in [-0.1, -0.05) is 79.9 Å². The number of benzene rings is 2. The first kappa shape index (κ1) is 14.8. The molecule has 0 saturated carbocycles. The summed E-state index contributed by atoms with van der Waals surface area (Å²) in [5.74, 6) is 0. The zero-order chi connectivity index (χ0) is 14.0. The molecule has 1 unspecified atom stereocenters. The highest BCUT2D eigenvalue weighted by Gasteiger charge is 2.04. The molecule has 2 aromatic rings. The summed E-state index contributed by atoms with van der Waals surface area (Å²) in [7, 11) is 0. The van der Waals surface area contributed by atoms with Gasteiger partial charge in [0.25, 0.3) is 0 Å². The predicted octanol–water partition coefficient (Wildman–Crippen LogP) is 4.88. The molecule has 1 atom stereocenters. The Balaban J connectivity index is 1.56. The lowest BCUT2D eigenvalue weighted by Gasteiger charge is -2.11. The summed E-state index contributed by atoms with van der Waals surface area (Å²) in [6.45, 7) is 0. The summed E-state index contributed by atoms with van der Waals surface area (Å²) >= 11 is 0. The Morgan fingerprint density at radius 1 is 0.700 bits per heavy atom. The van der Waals surface area contributed by atoms with Crippen molar-refractivity contribution in [1.29, 1.82) is 0 Å². The zero-order valence-corrected chi connectivity index (χ0v) is 12.2. The fourth-order valence-electron chi connectivity index (χ4n) is 2.56. The Kier molecular flexibility index (Phi) is 6.33. The van der Waals surface area contributed by atoms with Crippen LogP contribution in [0.1, 0.15) is 49.3 Å². The average Bonchev–Trinajstić information content (AvgIpc) is 2.52. The molecule has 1 nitrogen and oxygen atoms in total. The second-order valence-corrected chi connectivity index (χ2v) is 5.46. The minimum absolute atomic E-state index is 0.199. The predicted molar refractivity (Wildman–Crippen MR) is 86.6 cm³/mol. The molecule has 2 N–H and O–H groups in total. The molecule has 0 aliphatic heterocycles. The van der Waals surface area contributed by atoms with Gasteiger partial charge in [-0.2, -0.15) is 0 Å². The van der Waals surface area contributed by atoms with E-state index in [0.29, 0.717) is 0 Å². The van der Waals surface area contributed by atoms with Crippen molar-refractivity contribution in [2.75, 3.05) is 0 Å². The third-order valence-corrected chi connectivity index (χ3v) is 3.80. The smallest absolute Gasteiger partial charge is 0.0294 e. The van der Waals surface area contributed by atoms with E-state index in [1.54, 1.807) is 0 Å². The van der Waals surface area contributed by atoms with Gasteiger partial charge in [0.05, 0.1) is 0 Å². The summed E-state index contributed by atoms with van der Waals surface area (Å²) in [6, 6.07) is 21.4. The maximum atomic E-state index is 6.20. The molecule has 106 valence electrons. The summed E-state index contributed by atoms with van der Waals surface area (Å²) in [6.07, 6.45) is 7.39. The minimum Gasteiger partial charge on any atom is -0.324 e. The molecule has 20 heavy (non-hydrogen) atoms. The Morgan fingerprint density at radius 3 is 2.00 bits per heavy atom. The molecule has 0 amide bonds. The summed E-state index contributed by atoms with van der Waals surface area (Å²) in [5.41, 5.74) is 8.91. The van der Waals surface area contributed by atoms with Crippen LogP contribution in [0.5, 0.6) is 0 Å². The van der Waals surface area contributed by atoms with Gasteiger partial charge in [-0.3, -0.25) is 0 Å². The van der Waals surface area contributed by atoms with Crippen molar-refractivity contribution in [2.45, 2.75) is 44.6 Å². The van der Waals surface area contributed by atoms with Gasteiger partial charge in [-0.25, -0.2) is 0 Å². The van der Waals surface area contributed by atoms with Crippen LogP contribution in [0.25, 0.3) is 0 Å². The molecule has 0 aliphatic carbocycles. The Labute approximate surface area is 122 Å². The van der Waals surface area contributed by atoms with Gasteiger partial charge < -0.3 is 5.73 Å². The highest BCUT2D eigenvalue weighted by Crippen LogP contribution is 2.17. The van der Waals surface area contributed by atoms with Crippen LogP contribution in [0.2, 0.25) is 0 Å². The highest BCUT2D eigenvalue weighted by atomic mass is 14.6. The number of unbranched alkanes of at least 4 members (excludes halogenated alkanes) is 3. The normalized spacial score (nSPS) is 12.2. The molecular formula is C19H25N. The van der Waals surface area contributed by atoms with E-state index in [-0.39, 0.29) is 6.04 Å². The summed E-state index contributed by atoms with van der Waals surface area (Å²) in [4.78, 5) is 0. The number of hydrogen-bond donors (Lipinski definition) is 1. The van der Waals surface area contributed by atoms with Crippen LogP contribution >= 0.6 is 0 Å². The van der Waals surface area contributed by atoms with Crippen molar-refractivity contribution >= 4 is 0 Å². The van der Waals surface area contributed by atoms with Gasteiger partial charge in [-0.15, -0.1) is 0 Å². The van der Waals surface area contributed by atoms with Crippen LogP contribution in [0.4, 0.5) is 0 Å². The fourth-order valence-corrected chi connectivity index (χ4v) is 2.56. The second kappa shape index (κ2) is 8.55. The zero-order valence-electron chi connectivity index (χ0n) is 12.2. The number of hydrogen-bond acceptors (Lipinski definition) is 1. The van der Waals surface area contributed by atoms with Crippen LogP contribution in [0, 0.1) is 0 Å². The van der Waals surface area contributed by atoms with Crippen molar-refractivity contribution in [3.05, 3.63) is 71.8 Å². The average molecular weight is 267 g/mol. The molecule has 2 aromatic carbocycles. The molecule has 0 fully saturated rings. The van der Waals surface area contributed by atoms with Gasteiger partial charge in [0.15, 0.2) is 0 Å². The van der Waals surface area contributed by atoms with E-state index < -0.39 is 0 Å². The van der Waals surface area contributed by atoms with Gasteiger partial charge in [0.2, 0.25) is 0 Å². The molecule has 0 spiro atoms. The Hall–Kier alpha value is -1.60. The molecule has 0 aliphatic rings. The number of nitrogens with two attached hydrogens (primary N) is 1. The largest absolute Gasteiger partial charge is 0.324 e. The second-order valence-electron chi connectivity index (χ2n) is 5.46. The third kappa shape index (κ3) is 5.18. The third-order valence-electron chi connectivity index (χ3n) is 3.80. The van der Waals surface area contributed by atoms with Crippen molar-refractivity contribution in [1.82, 2.24) is 0 Å². The molecule has 0 aromatic heterocycles. The monoisotopic (exact) mass is 267 g/mol. The van der Waals surface area contributed by atoms with Crippen LogP contribution in [0.15, 0.2) is 60.7 Å². The molecule has 0 heterocycles. The van der Waals surface area contributed by atoms with Crippen LogP contribution in [-0.2, 0) is 6.42 Å². The maximum Gasteiger partial charge on any atom is 0.0294 e. The molecular weight excluding hydrogens is 242 g/mol. The highest BCUT2D eigenvalue weighted by molar-refractivity contribution is 5.18. The van der Waals surface area contributed by atoms with E-state index in [2.05, 4.69) is 54.6 Å². The van der Waals surface area contributed by atoms with Crippen molar-refractivity contribution < 1.29 is 0 Å². The van der Waals surface area contributed by atoms with Crippen molar-refractivity contribution in [3.63, 3.8) is 0 Å². The van der Waals surface area contributed by atoms with E-state index in [9.17, 15) is 0 Å². The first-order chi connectivity index (χ1) is 9.86. The standard InChI is InChI=1S/C19H25N/c20-19(18-14-8-4-9-15-18)16-10-2-1-5-11-17-12-6-3-7-13-17/h3-4,6-9,12-15,19H,1-2,5,10-11,16,20H2.